The van der Waals surface area contributed by atoms with Gasteiger partial charge in [0.05, 0.1) is 19.6 Å². The minimum Gasteiger partial charge on any atom is -0.326 e. The van der Waals surface area contributed by atoms with Gasteiger partial charge in [0.1, 0.15) is 0 Å². The van der Waals surface area contributed by atoms with E-state index in [-0.39, 0.29) is 37.4 Å². The van der Waals surface area contributed by atoms with E-state index in [2.05, 4.69) is 10.6 Å². The number of nitrogens with one attached hydrogen (secondary N) is 2. The van der Waals surface area contributed by atoms with Crippen LogP contribution in [0.1, 0.15) is 5.56 Å². The molecule has 0 atom stereocenters. The van der Waals surface area contributed by atoms with Crippen LogP contribution in [0.15, 0.2) is 24.3 Å². The molecule has 3 amide bonds. The van der Waals surface area contributed by atoms with E-state index in [1.807, 2.05) is 12.1 Å². The number of hydrogen-bond donors (Lipinski definition) is 3. The SMILES string of the molecule is NCc1ccc(NC(=O)CN2CC(=O)NC(=O)C2)cc1. The van der Waals surface area contributed by atoms with Crippen molar-refractivity contribution in [3.63, 3.8) is 0 Å². The van der Waals surface area contributed by atoms with Crippen molar-refractivity contribution < 1.29 is 14.4 Å². The Balaban J connectivity index is 1.88. The second kappa shape index (κ2) is 6.27. The molecule has 1 fully saturated rings. The van der Waals surface area contributed by atoms with Gasteiger partial charge in [-0.1, -0.05) is 12.1 Å². The Kier molecular flexibility index (Phi) is 4.44. The highest BCUT2D eigenvalue weighted by molar-refractivity contribution is 6.00. The highest BCUT2D eigenvalue weighted by atomic mass is 16.2. The lowest BCUT2D eigenvalue weighted by Crippen LogP contribution is -2.53. The van der Waals surface area contributed by atoms with Crippen LogP contribution in [-0.4, -0.2) is 42.3 Å². The fraction of sp³-hybridized carbons (Fsp3) is 0.308. The molecule has 1 heterocycles. The number of imide groups is 1. The smallest absolute Gasteiger partial charge is 0.240 e. The molecule has 0 aromatic heterocycles. The zero-order valence-corrected chi connectivity index (χ0v) is 10.9. The summed E-state index contributed by atoms with van der Waals surface area (Å²) in [6, 6.07) is 7.17. The Labute approximate surface area is 116 Å². The van der Waals surface area contributed by atoms with Crippen LogP contribution in [0.4, 0.5) is 5.69 Å². The number of rotatable bonds is 4. The van der Waals surface area contributed by atoms with E-state index in [1.54, 1.807) is 12.1 Å². The Morgan fingerprint density at radius 1 is 1.20 bits per heavy atom. The summed E-state index contributed by atoms with van der Waals surface area (Å²) in [6.07, 6.45) is 0. The van der Waals surface area contributed by atoms with Crippen molar-refractivity contribution in [3.05, 3.63) is 29.8 Å². The molecule has 0 radical (unpaired) electrons. The van der Waals surface area contributed by atoms with Gasteiger partial charge in [-0.25, -0.2) is 0 Å². The maximum absolute atomic E-state index is 11.8. The van der Waals surface area contributed by atoms with Crippen LogP contribution in [-0.2, 0) is 20.9 Å². The first-order chi connectivity index (χ1) is 9.56. The lowest BCUT2D eigenvalue weighted by Gasteiger charge is -2.24. The molecule has 0 bridgehead atoms. The summed E-state index contributed by atoms with van der Waals surface area (Å²) in [6.45, 7) is 0.535. The molecule has 1 aliphatic heterocycles. The maximum atomic E-state index is 11.8. The summed E-state index contributed by atoms with van der Waals surface area (Å²) in [5.74, 6) is -1.05. The average Bonchev–Trinajstić information content (AvgIpc) is 2.38. The third-order valence-electron chi connectivity index (χ3n) is 2.85. The van der Waals surface area contributed by atoms with Crippen LogP contribution in [0.25, 0.3) is 0 Å². The van der Waals surface area contributed by atoms with Gasteiger partial charge in [0.2, 0.25) is 17.7 Å². The molecule has 4 N–H and O–H groups in total. The molecule has 0 saturated carbocycles. The van der Waals surface area contributed by atoms with Gasteiger partial charge in [-0.15, -0.1) is 0 Å². The maximum Gasteiger partial charge on any atom is 0.240 e. The Bertz CT molecular complexity index is 511. The molecule has 7 nitrogen and oxygen atoms in total. The van der Waals surface area contributed by atoms with Gasteiger partial charge in [-0.3, -0.25) is 24.6 Å². The number of nitrogens with two attached hydrogens (primary N) is 1. The molecule has 0 unspecified atom stereocenters. The topological polar surface area (TPSA) is 105 Å². The Hall–Kier alpha value is -2.25. The van der Waals surface area contributed by atoms with Crippen molar-refractivity contribution in [2.24, 2.45) is 5.73 Å². The number of benzene rings is 1. The summed E-state index contributed by atoms with van der Waals surface area (Å²) in [5.41, 5.74) is 7.11. The van der Waals surface area contributed by atoms with E-state index in [0.717, 1.165) is 5.56 Å². The summed E-state index contributed by atoms with van der Waals surface area (Å²) >= 11 is 0. The van der Waals surface area contributed by atoms with E-state index >= 15 is 0 Å². The molecule has 20 heavy (non-hydrogen) atoms. The normalized spacial score (nSPS) is 15.8. The Morgan fingerprint density at radius 2 is 1.80 bits per heavy atom. The molecule has 0 spiro atoms. The predicted octanol–water partition coefficient (Wildman–Crippen LogP) is -0.958. The van der Waals surface area contributed by atoms with Crippen molar-refractivity contribution in [1.82, 2.24) is 10.2 Å². The summed E-state index contributed by atoms with van der Waals surface area (Å²) in [4.78, 5) is 35.7. The number of hydrogen-bond acceptors (Lipinski definition) is 5. The Morgan fingerprint density at radius 3 is 2.35 bits per heavy atom. The van der Waals surface area contributed by atoms with Crippen LogP contribution in [0.3, 0.4) is 0 Å². The largest absolute Gasteiger partial charge is 0.326 e. The minimum atomic E-state index is -0.388. The highest BCUT2D eigenvalue weighted by Crippen LogP contribution is 2.09. The van der Waals surface area contributed by atoms with E-state index in [0.29, 0.717) is 12.2 Å². The molecule has 1 aliphatic rings. The first kappa shape index (κ1) is 14.2. The van der Waals surface area contributed by atoms with E-state index in [4.69, 9.17) is 5.73 Å². The standard InChI is InChI=1S/C13H16N4O3/c14-5-9-1-3-10(4-2-9)15-11(18)6-17-7-12(19)16-13(20)8-17/h1-4H,5-8,14H2,(H,15,18)(H,16,19,20). The molecular formula is C13H16N4O3. The van der Waals surface area contributed by atoms with Gasteiger partial charge in [0.15, 0.2) is 0 Å². The number of carbonyl (C=O) groups excluding carboxylic acids is 3. The van der Waals surface area contributed by atoms with Crippen LogP contribution in [0, 0.1) is 0 Å². The van der Waals surface area contributed by atoms with Gasteiger partial charge in [-0.2, -0.15) is 0 Å². The van der Waals surface area contributed by atoms with Crippen molar-refractivity contribution in [3.8, 4) is 0 Å². The lowest BCUT2D eigenvalue weighted by atomic mass is 10.2. The third-order valence-corrected chi connectivity index (χ3v) is 2.85. The van der Waals surface area contributed by atoms with Crippen molar-refractivity contribution in [2.45, 2.75) is 6.54 Å². The van der Waals surface area contributed by atoms with Crippen molar-refractivity contribution >= 4 is 23.4 Å². The second-order valence-electron chi connectivity index (χ2n) is 4.57. The molecular weight excluding hydrogens is 260 g/mol. The molecule has 1 saturated heterocycles. The number of nitrogens with zero attached hydrogens (tertiary/aromatic N) is 1. The first-order valence-corrected chi connectivity index (χ1v) is 6.20. The lowest BCUT2D eigenvalue weighted by molar-refractivity contribution is -0.136. The van der Waals surface area contributed by atoms with Gasteiger partial charge >= 0.3 is 0 Å². The van der Waals surface area contributed by atoms with Crippen LogP contribution in [0.2, 0.25) is 0 Å². The van der Waals surface area contributed by atoms with Gasteiger partial charge in [0.25, 0.3) is 0 Å². The minimum absolute atomic E-state index is 0.00218. The molecule has 1 aromatic rings. The average molecular weight is 276 g/mol. The van der Waals surface area contributed by atoms with Crippen LogP contribution >= 0.6 is 0 Å². The van der Waals surface area contributed by atoms with Crippen molar-refractivity contribution in [1.29, 1.82) is 0 Å². The monoisotopic (exact) mass is 276 g/mol. The van der Waals surface area contributed by atoms with E-state index < -0.39 is 0 Å². The molecule has 1 aromatic carbocycles. The number of amides is 3. The van der Waals surface area contributed by atoms with Gasteiger partial charge in [-0.05, 0) is 17.7 Å². The summed E-state index contributed by atoms with van der Waals surface area (Å²) in [5, 5.41) is 4.89. The van der Waals surface area contributed by atoms with Crippen LogP contribution < -0.4 is 16.4 Å². The molecule has 2 rings (SSSR count). The summed E-state index contributed by atoms with van der Waals surface area (Å²) in [7, 11) is 0. The number of carbonyl (C=O) groups is 3. The molecule has 7 heteroatoms. The van der Waals surface area contributed by atoms with Crippen molar-refractivity contribution in [2.75, 3.05) is 25.0 Å². The zero-order chi connectivity index (χ0) is 14.5. The fourth-order valence-electron chi connectivity index (χ4n) is 1.94. The first-order valence-electron chi connectivity index (χ1n) is 6.20. The number of anilines is 1. The highest BCUT2D eigenvalue weighted by Gasteiger charge is 2.23. The van der Waals surface area contributed by atoms with E-state index in [1.165, 1.54) is 4.90 Å². The fourth-order valence-corrected chi connectivity index (χ4v) is 1.94. The predicted molar refractivity (Wildman–Crippen MR) is 72.6 cm³/mol. The molecule has 0 aliphatic carbocycles. The number of piperazine rings is 1. The molecule has 106 valence electrons. The zero-order valence-electron chi connectivity index (χ0n) is 10.9. The van der Waals surface area contributed by atoms with Crippen LogP contribution in [0.5, 0.6) is 0 Å². The third kappa shape index (κ3) is 3.87. The van der Waals surface area contributed by atoms with Gasteiger partial charge in [0, 0.05) is 12.2 Å². The second-order valence-corrected chi connectivity index (χ2v) is 4.57. The summed E-state index contributed by atoms with van der Waals surface area (Å²) < 4.78 is 0. The van der Waals surface area contributed by atoms with Gasteiger partial charge < -0.3 is 11.1 Å². The quantitative estimate of drug-likeness (QED) is 0.615. The van der Waals surface area contributed by atoms with E-state index in [9.17, 15) is 14.4 Å².